The third kappa shape index (κ3) is 6.04. The number of hydrogen-bond donors (Lipinski definition) is 0. The Kier molecular flexibility index (Phi) is 8.80. The van der Waals surface area contributed by atoms with Crippen LogP contribution in [0, 0.1) is 0 Å². The summed E-state index contributed by atoms with van der Waals surface area (Å²) in [6, 6.07) is 41.5. The van der Waals surface area contributed by atoms with Gasteiger partial charge in [-0.3, -0.25) is 0 Å². The minimum atomic E-state index is -2.82. The fourth-order valence-corrected chi connectivity index (χ4v) is 13.4. The number of benzene rings is 4. The zero-order valence-electron chi connectivity index (χ0n) is 24.5. The molecule has 41 heavy (non-hydrogen) atoms. The van der Waals surface area contributed by atoms with Crippen LogP contribution in [0.15, 0.2) is 145 Å². The van der Waals surface area contributed by atoms with E-state index < -0.39 is 15.5 Å². The number of allylic oxidation sites excluding steroid dienone is 1. The van der Waals surface area contributed by atoms with E-state index in [0.717, 1.165) is 35.4 Å². The minimum absolute atomic E-state index is 0.0888. The van der Waals surface area contributed by atoms with Crippen LogP contribution in [-0.4, -0.2) is 20.6 Å². The largest absolute Gasteiger partial charge is 0.400 e. The van der Waals surface area contributed by atoms with E-state index in [-0.39, 0.29) is 11.1 Å². The fourth-order valence-electron chi connectivity index (χ4n) is 6.14. The van der Waals surface area contributed by atoms with E-state index in [1.165, 1.54) is 15.9 Å². The molecule has 0 heterocycles. The van der Waals surface area contributed by atoms with Crippen molar-refractivity contribution in [3.8, 4) is 0 Å². The van der Waals surface area contributed by atoms with E-state index in [9.17, 15) is 4.57 Å². The van der Waals surface area contributed by atoms with Gasteiger partial charge in [-0.2, -0.15) is 0 Å². The van der Waals surface area contributed by atoms with Crippen LogP contribution in [-0.2, 0) is 8.99 Å². The van der Waals surface area contributed by atoms with Crippen LogP contribution >= 0.6 is 7.14 Å². The summed E-state index contributed by atoms with van der Waals surface area (Å²) >= 11 is 0. The van der Waals surface area contributed by atoms with E-state index in [1.54, 1.807) is 0 Å². The van der Waals surface area contributed by atoms with Crippen molar-refractivity contribution in [2.75, 3.05) is 6.16 Å². The van der Waals surface area contributed by atoms with Crippen LogP contribution in [0.5, 0.6) is 0 Å². The summed E-state index contributed by atoms with van der Waals surface area (Å²) < 4.78 is 22.1. The second-order valence-corrected chi connectivity index (χ2v) is 19.2. The van der Waals surface area contributed by atoms with Crippen molar-refractivity contribution in [1.82, 2.24) is 0 Å². The van der Waals surface area contributed by atoms with Crippen LogP contribution in [0.25, 0.3) is 0 Å². The molecule has 0 spiro atoms. The monoisotopic (exact) mass is 576 g/mol. The molecule has 1 atom stereocenters. The molecule has 1 fully saturated rings. The van der Waals surface area contributed by atoms with Crippen LogP contribution in [0.3, 0.4) is 0 Å². The molecule has 0 aromatic heterocycles. The predicted molar refractivity (Wildman–Crippen MR) is 178 cm³/mol. The van der Waals surface area contributed by atoms with E-state index in [0.29, 0.717) is 6.16 Å². The Morgan fingerprint density at radius 2 is 1.20 bits per heavy atom. The average molecular weight is 577 g/mol. The SMILES string of the molecule is C=C1CC/C(=C/CP(=O)(c2ccccc2)c2ccccc2)C[C@H]1O[Si](c1ccccc1)(c1ccccc1)C(C)(C)C. The van der Waals surface area contributed by atoms with Gasteiger partial charge in [0.05, 0.1) is 6.10 Å². The zero-order chi connectivity index (χ0) is 28.9. The molecule has 5 rings (SSSR count). The maximum absolute atomic E-state index is 14.6. The lowest BCUT2D eigenvalue weighted by Crippen LogP contribution is -2.68. The van der Waals surface area contributed by atoms with Crippen molar-refractivity contribution in [2.45, 2.75) is 51.2 Å². The highest BCUT2D eigenvalue weighted by molar-refractivity contribution is 7.78. The maximum atomic E-state index is 14.6. The van der Waals surface area contributed by atoms with E-state index in [2.05, 4.69) is 94.1 Å². The highest BCUT2D eigenvalue weighted by atomic mass is 31.2. The average Bonchev–Trinajstić information content (AvgIpc) is 3.01. The molecule has 0 aliphatic heterocycles. The predicted octanol–water partition coefficient (Wildman–Crippen LogP) is 7.61. The first-order chi connectivity index (χ1) is 19.7. The quantitative estimate of drug-likeness (QED) is 0.123. The maximum Gasteiger partial charge on any atom is 0.261 e. The molecule has 0 saturated heterocycles. The highest BCUT2D eigenvalue weighted by Crippen LogP contribution is 2.45. The van der Waals surface area contributed by atoms with Gasteiger partial charge < -0.3 is 8.99 Å². The number of hydrogen-bond acceptors (Lipinski definition) is 2. The van der Waals surface area contributed by atoms with Gasteiger partial charge in [-0.25, -0.2) is 0 Å². The molecular weight excluding hydrogens is 535 g/mol. The summed E-state index contributed by atoms with van der Waals surface area (Å²) in [6.07, 6.45) is 5.27. The van der Waals surface area contributed by atoms with Crippen molar-refractivity contribution in [1.29, 1.82) is 0 Å². The van der Waals surface area contributed by atoms with Gasteiger partial charge in [-0.05, 0) is 40.2 Å². The van der Waals surface area contributed by atoms with Gasteiger partial charge in [0, 0.05) is 16.8 Å². The summed E-state index contributed by atoms with van der Waals surface area (Å²) in [5, 5.41) is 4.26. The molecule has 1 aliphatic carbocycles. The summed E-state index contributed by atoms with van der Waals surface area (Å²) in [5.41, 5.74) is 2.47. The Hall–Kier alpha value is -3.23. The second kappa shape index (κ2) is 12.3. The summed E-state index contributed by atoms with van der Waals surface area (Å²) in [7, 11) is -5.54. The molecule has 0 radical (unpaired) electrons. The Labute approximate surface area is 247 Å². The first-order valence-electron chi connectivity index (χ1n) is 14.6. The molecule has 4 aromatic carbocycles. The molecular formula is C37H41O2PSi. The Morgan fingerprint density at radius 1 is 0.756 bits per heavy atom. The molecule has 0 N–H and O–H groups in total. The number of rotatable bonds is 8. The minimum Gasteiger partial charge on any atom is -0.400 e. The molecule has 2 nitrogen and oxygen atoms in total. The Bertz CT molecular complexity index is 1440. The van der Waals surface area contributed by atoms with E-state index >= 15 is 0 Å². The highest BCUT2D eigenvalue weighted by Gasteiger charge is 2.52. The van der Waals surface area contributed by atoms with Gasteiger partial charge in [-0.15, -0.1) is 0 Å². The second-order valence-electron chi connectivity index (χ2n) is 12.1. The summed E-state index contributed by atoms with van der Waals surface area (Å²) in [6.45, 7) is 11.5. The Morgan fingerprint density at radius 3 is 1.63 bits per heavy atom. The zero-order valence-corrected chi connectivity index (χ0v) is 26.4. The van der Waals surface area contributed by atoms with Gasteiger partial charge in [0.1, 0.15) is 7.14 Å². The molecule has 1 aliphatic rings. The molecule has 1 saturated carbocycles. The van der Waals surface area contributed by atoms with Crippen LogP contribution < -0.4 is 21.0 Å². The molecule has 0 amide bonds. The van der Waals surface area contributed by atoms with Gasteiger partial charge in [0.15, 0.2) is 0 Å². The summed E-state index contributed by atoms with van der Waals surface area (Å²) in [5.74, 6) is 0. The first-order valence-corrected chi connectivity index (χ1v) is 18.4. The van der Waals surface area contributed by atoms with Gasteiger partial charge >= 0.3 is 0 Å². The van der Waals surface area contributed by atoms with Crippen LogP contribution in [0.2, 0.25) is 5.04 Å². The molecule has 0 unspecified atom stereocenters. The van der Waals surface area contributed by atoms with Crippen LogP contribution in [0.4, 0.5) is 0 Å². The molecule has 0 bridgehead atoms. The normalized spacial score (nSPS) is 17.5. The first kappa shape index (κ1) is 29.3. The summed E-state index contributed by atoms with van der Waals surface area (Å²) in [4.78, 5) is 0. The molecule has 4 heteroatoms. The lowest BCUT2D eigenvalue weighted by atomic mass is 9.89. The van der Waals surface area contributed by atoms with Crippen molar-refractivity contribution in [3.05, 3.63) is 145 Å². The lowest BCUT2D eigenvalue weighted by molar-refractivity contribution is 0.208. The molecule has 210 valence electrons. The third-order valence-electron chi connectivity index (χ3n) is 8.39. The van der Waals surface area contributed by atoms with Crippen molar-refractivity contribution in [3.63, 3.8) is 0 Å². The van der Waals surface area contributed by atoms with Crippen molar-refractivity contribution >= 4 is 36.4 Å². The van der Waals surface area contributed by atoms with Gasteiger partial charge in [0.2, 0.25) is 0 Å². The van der Waals surface area contributed by atoms with E-state index in [1.807, 2.05) is 60.7 Å². The van der Waals surface area contributed by atoms with Crippen LogP contribution in [0.1, 0.15) is 40.0 Å². The molecule has 4 aromatic rings. The van der Waals surface area contributed by atoms with Gasteiger partial charge in [0.25, 0.3) is 8.32 Å². The Balaban J connectivity index is 1.50. The lowest BCUT2D eigenvalue weighted by Gasteiger charge is -2.46. The van der Waals surface area contributed by atoms with Gasteiger partial charge in [-0.1, -0.05) is 160 Å². The fraction of sp³-hybridized carbons (Fsp3) is 0.243. The van der Waals surface area contributed by atoms with Crippen molar-refractivity contribution in [2.24, 2.45) is 0 Å². The van der Waals surface area contributed by atoms with Crippen molar-refractivity contribution < 1.29 is 8.99 Å². The topological polar surface area (TPSA) is 26.3 Å². The smallest absolute Gasteiger partial charge is 0.261 e. The third-order valence-corrected chi connectivity index (χ3v) is 16.4. The standard InChI is InChI=1S/C37H41O2PSi/c1-30-25-26-31(27-28-40(38,32-17-9-5-10-18-32)33-19-11-6-12-20-33)29-36(30)39-41(37(2,3)4,34-21-13-7-14-22-34)35-23-15-8-16-24-35/h5-24,27,36H,1,25-26,28-29H2,2-4H3/b31-27-/t36-/m1/s1. The van der Waals surface area contributed by atoms with E-state index in [4.69, 9.17) is 4.43 Å².